The first-order valence-electron chi connectivity index (χ1n) is 15.5. The van der Waals surface area contributed by atoms with Gasteiger partial charge in [0, 0.05) is 38.7 Å². The molecule has 0 atom stereocenters. The van der Waals surface area contributed by atoms with Crippen molar-refractivity contribution < 1.29 is 0 Å². The number of nitrogens with zero attached hydrogens (tertiary/aromatic N) is 4. The Morgan fingerprint density at radius 3 is 1.72 bits per heavy atom. The van der Waals surface area contributed by atoms with Gasteiger partial charge in [-0.25, -0.2) is 15.0 Å². The molecule has 0 aliphatic heterocycles. The zero-order valence-corrected chi connectivity index (χ0v) is 25.6. The van der Waals surface area contributed by atoms with Gasteiger partial charge in [-0.2, -0.15) is 0 Å². The highest BCUT2D eigenvalue weighted by molar-refractivity contribution is 6.04. The molecule has 0 radical (unpaired) electrons. The predicted molar refractivity (Wildman–Crippen MR) is 189 cm³/mol. The van der Waals surface area contributed by atoms with E-state index in [1.807, 2.05) is 49.4 Å². The molecular weight excluding hydrogens is 560 g/mol. The number of pyridine rings is 2. The van der Waals surface area contributed by atoms with Gasteiger partial charge in [0.2, 0.25) is 0 Å². The Kier molecular flexibility index (Phi) is 6.88. The van der Waals surface area contributed by atoms with Crippen LogP contribution in [0.2, 0.25) is 0 Å². The zero-order chi connectivity index (χ0) is 31.0. The van der Waals surface area contributed by atoms with Gasteiger partial charge in [-0.3, -0.25) is 4.98 Å². The van der Waals surface area contributed by atoms with E-state index < -0.39 is 0 Å². The lowest BCUT2D eigenvalue weighted by atomic mass is 9.98. The molecule has 0 aliphatic carbocycles. The predicted octanol–water partition coefficient (Wildman–Crippen LogP) is 10.5. The minimum absolute atomic E-state index is 0.711. The molecular formula is C42H30N4. The molecule has 0 unspecified atom stereocenters. The second-order valence-electron chi connectivity index (χ2n) is 11.7. The van der Waals surface area contributed by atoms with Crippen molar-refractivity contribution in [2.75, 3.05) is 0 Å². The first-order valence-corrected chi connectivity index (χ1v) is 15.5. The molecule has 218 valence electrons. The fourth-order valence-electron chi connectivity index (χ4n) is 6.05. The minimum atomic E-state index is 0.711. The fraction of sp³-hybridized carbons (Fsp3) is 0.0476. The number of fused-ring (bicyclic) bond motifs is 3. The maximum Gasteiger partial charge on any atom is 0.160 e. The van der Waals surface area contributed by atoms with Crippen LogP contribution in [0.3, 0.4) is 0 Å². The van der Waals surface area contributed by atoms with Crippen LogP contribution < -0.4 is 0 Å². The summed E-state index contributed by atoms with van der Waals surface area (Å²) in [5.41, 5.74) is 13.2. The molecule has 8 rings (SSSR count). The van der Waals surface area contributed by atoms with Crippen molar-refractivity contribution in [1.29, 1.82) is 0 Å². The molecule has 46 heavy (non-hydrogen) atoms. The summed E-state index contributed by atoms with van der Waals surface area (Å²) in [6.45, 7) is 4.17. The third-order valence-electron chi connectivity index (χ3n) is 8.49. The summed E-state index contributed by atoms with van der Waals surface area (Å²) in [6.07, 6.45) is 0. The highest BCUT2D eigenvalue weighted by atomic mass is 14.9. The Bertz CT molecular complexity index is 2310. The second-order valence-corrected chi connectivity index (χ2v) is 11.7. The van der Waals surface area contributed by atoms with Crippen LogP contribution in [0.15, 0.2) is 146 Å². The van der Waals surface area contributed by atoms with Crippen LogP contribution in [0.4, 0.5) is 0 Å². The quantitative estimate of drug-likeness (QED) is 0.187. The molecule has 0 amide bonds. The van der Waals surface area contributed by atoms with Crippen LogP contribution in [0, 0.1) is 13.8 Å². The number of hydrogen-bond acceptors (Lipinski definition) is 4. The SMILES string of the molecule is Cc1ccc2ccc3c(C)cc(-c4ccc(-c5cccc(-c6cc(-c7ccccc7)nc(-c7ccccc7)n6)c5)cc4)nc3c2n1. The topological polar surface area (TPSA) is 51.6 Å². The van der Waals surface area contributed by atoms with E-state index in [2.05, 4.69) is 110 Å². The van der Waals surface area contributed by atoms with Crippen LogP contribution in [0.25, 0.3) is 78.1 Å². The summed E-state index contributed by atoms with van der Waals surface area (Å²) in [4.78, 5) is 19.9. The molecule has 0 bridgehead atoms. The molecule has 0 N–H and O–H groups in total. The summed E-state index contributed by atoms with van der Waals surface area (Å²) in [6, 6.07) is 50.4. The lowest BCUT2D eigenvalue weighted by Gasteiger charge is -2.11. The molecule has 0 saturated heterocycles. The van der Waals surface area contributed by atoms with Gasteiger partial charge in [-0.1, -0.05) is 121 Å². The van der Waals surface area contributed by atoms with E-state index in [4.69, 9.17) is 19.9 Å². The Morgan fingerprint density at radius 1 is 0.370 bits per heavy atom. The minimum Gasteiger partial charge on any atom is -0.251 e. The van der Waals surface area contributed by atoms with Gasteiger partial charge in [0.25, 0.3) is 0 Å². The van der Waals surface area contributed by atoms with Crippen molar-refractivity contribution in [2.24, 2.45) is 0 Å². The average Bonchev–Trinajstić information content (AvgIpc) is 3.12. The third kappa shape index (κ3) is 5.20. The molecule has 8 aromatic rings. The summed E-state index contributed by atoms with van der Waals surface area (Å²) < 4.78 is 0. The number of aryl methyl sites for hydroxylation is 2. The van der Waals surface area contributed by atoms with Gasteiger partial charge in [-0.05, 0) is 54.8 Å². The summed E-state index contributed by atoms with van der Waals surface area (Å²) in [5.74, 6) is 0.711. The van der Waals surface area contributed by atoms with Crippen molar-refractivity contribution in [1.82, 2.24) is 19.9 Å². The van der Waals surface area contributed by atoms with Gasteiger partial charge in [0.15, 0.2) is 5.82 Å². The molecule has 5 aromatic carbocycles. The van der Waals surface area contributed by atoms with Crippen LogP contribution in [0.1, 0.15) is 11.3 Å². The van der Waals surface area contributed by atoms with Crippen molar-refractivity contribution in [2.45, 2.75) is 13.8 Å². The molecule has 0 saturated carbocycles. The van der Waals surface area contributed by atoms with Crippen molar-refractivity contribution in [3.8, 4) is 56.3 Å². The van der Waals surface area contributed by atoms with E-state index in [-0.39, 0.29) is 0 Å². The molecule has 0 aliphatic rings. The van der Waals surface area contributed by atoms with Gasteiger partial charge in [0.05, 0.1) is 28.1 Å². The van der Waals surface area contributed by atoms with E-state index in [1.54, 1.807) is 0 Å². The van der Waals surface area contributed by atoms with Crippen LogP contribution in [0.5, 0.6) is 0 Å². The van der Waals surface area contributed by atoms with E-state index >= 15 is 0 Å². The van der Waals surface area contributed by atoms with E-state index in [0.29, 0.717) is 5.82 Å². The molecule has 4 heteroatoms. The Hall–Kier alpha value is -6.00. The highest BCUT2D eigenvalue weighted by Gasteiger charge is 2.13. The number of hydrogen-bond donors (Lipinski definition) is 0. The standard InChI is InChI=1S/C42H30N4/c1-27-24-37(44-41-36(27)23-22-32-17-16-28(2)43-40(32)41)31-20-18-29(19-21-31)34-14-9-15-35(25-34)39-26-38(30-10-5-3-6-11-30)45-42(46-39)33-12-7-4-8-13-33/h3-26H,1-2H3. The third-order valence-corrected chi connectivity index (χ3v) is 8.49. The van der Waals surface area contributed by atoms with E-state index in [1.165, 1.54) is 5.56 Å². The number of benzene rings is 5. The maximum atomic E-state index is 5.12. The lowest BCUT2D eigenvalue weighted by molar-refractivity contribution is 1.18. The monoisotopic (exact) mass is 590 g/mol. The molecule has 4 nitrogen and oxygen atoms in total. The summed E-state index contributed by atoms with van der Waals surface area (Å²) in [5, 5.41) is 2.24. The Labute approximate surface area is 268 Å². The first kappa shape index (κ1) is 27.5. The Morgan fingerprint density at radius 2 is 0.957 bits per heavy atom. The van der Waals surface area contributed by atoms with Gasteiger partial charge in [0.1, 0.15) is 0 Å². The zero-order valence-electron chi connectivity index (χ0n) is 25.6. The summed E-state index contributed by atoms with van der Waals surface area (Å²) in [7, 11) is 0. The average molecular weight is 591 g/mol. The van der Waals surface area contributed by atoms with Crippen LogP contribution >= 0.6 is 0 Å². The normalized spacial score (nSPS) is 11.3. The first-order chi connectivity index (χ1) is 22.6. The van der Waals surface area contributed by atoms with Crippen LogP contribution in [-0.4, -0.2) is 19.9 Å². The van der Waals surface area contributed by atoms with Gasteiger partial charge in [-0.15, -0.1) is 0 Å². The molecule has 0 fully saturated rings. The number of rotatable bonds is 5. The highest BCUT2D eigenvalue weighted by Crippen LogP contribution is 2.33. The molecule has 3 heterocycles. The summed E-state index contributed by atoms with van der Waals surface area (Å²) >= 11 is 0. The number of aromatic nitrogens is 4. The Balaban J connectivity index is 1.17. The molecule has 3 aromatic heterocycles. The fourth-order valence-corrected chi connectivity index (χ4v) is 6.05. The lowest BCUT2D eigenvalue weighted by Crippen LogP contribution is -1.96. The van der Waals surface area contributed by atoms with Crippen molar-refractivity contribution in [3.63, 3.8) is 0 Å². The second kappa shape index (κ2) is 11.5. The van der Waals surface area contributed by atoms with Crippen molar-refractivity contribution in [3.05, 3.63) is 157 Å². The van der Waals surface area contributed by atoms with Gasteiger partial charge >= 0.3 is 0 Å². The maximum absolute atomic E-state index is 5.12. The molecule has 0 spiro atoms. The van der Waals surface area contributed by atoms with Gasteiger partial charge < -0.3 is 0 Å². The van der Waals surface area contributed by atoms with E-state index in [0.717, 1.165) is 78.0 Å². The van der Waals surface area contributed by atoms with Crippen molar-refractivity contribution >= 4 is 21.8 Å². The van der Waals surface area contributed by atoms with Crippen LogP contribution in [-0.2, 0) is 0 Å². The largest absolute Gasteiger partial charge is 0.251 e. The smallest absolute Gasteiger partial charge is 0.160 e. The van der Waals surface area contributed by atoms with E-state index in [9.17, 15) is 0 Å².